The van der Waals surface area contributed by atoms with Crippen LogP contribution in [0.5, 0.6) is 5.75 Å². The third-order valence-corrected chi connectivity index (χ3v) is 5.64. The number of nitrogens with zero attached hydrogens (tertiary/aromatic N) is 1. The average molecular weight is 469 g/mol. The van der Waals surface area contributed by atoms with E-state index in [9.17, 15) is 27.9 Å². The molecule has 1 aromatic heterocycles. The highest BCUT2D eigenvalue weighted by atomic mass is 19.4. The molecule has 12 heteroatoms. The van der Waals surface area contributed by atoms with E-state index in [-0.39, 0.29) is 0 Å². The zero-order chi connectivity index (χ0) is 24.5. The molecule has 2 aliphatic heterocycles. The lowest BCUT2D eigenvalue weighted by atomic mass is 10.00. The first kappa shape index (κ1) is 24.1. The number of aromatic carboxylic acids is 1. The number of H-pyrrole nitrogens is 1. The van der Waals surface area contributed by atoms with E-state index in [2.05, 4.69) is 15.2 Å². The minimum atomic E-state index is -5.08. The van der Waals surface area contributed by atoms with Crippen LogP contribution in [0.2, 0.25) is 0 Å². The number of hydrogen-bond acceptors (Lipinski definition) is 6. The third-order valence-electron chi connectivity index (χ3n) is 5.64. The predicted octanol–water partition coefficient (Wildman–Crippen LogP) is 2.19. The average Bonchev–Trinajstić information content (AvgIpc) is 3.37. The lowest BCUT2D eigenvalue weighted by Gasteiger charge is -2.29. The molecule has 2 aromatic rings. The highest BCUT2D eigenvalue weighted by Crippen LogP contribution is 2.33. The number of anilines is 1. The predicted molar refractivity (Wildman–Crippen MR) is 112 cm³/mol. The first-order valence-corrected chi connectivity index (χ1v) is 10.1. The van der Waals surface area contributed by atoms with E-state index in [1.165, 1.54) is 6.42 Å². The van der Waals surface area contributed by atoms with Crippen molar-refractivity contribution in [3.63, 3.8) is 0 Å². The van der Waals surface area contributed by atoms with Crippen molar-refractivity contribution < 1.29 is 38.1 Å². The molecule has 0 radical (unpaired) electrons. The van der Waals surface area contributed by atoms with Gasteiger partial charge >= 0.3 is 18.1 Å². The number of piperazine rings is 1. The van der Waals surface area contributed by atoms with E-state index in [1.807, 2.05) is 31.2 Å². The smallest absolute Gasteiger partial charge is 0.490 e. The van der Waals surface area contributed by atoms with Gasteiger partial charge in [-0.3, -0.25) is 4.79 Å². The molecule has 3 heterocycles. The Morgan fingerprint density at radius 1 is 1.18 bits per heavy atom. The molecular weight excluding hydrogens is 447 g/mol. The largest absolute Gasteiger partial charge is 0.506 e. The van der Waals surface area contributed by atoms with Crippen molar-refractivity contribution in [3.8, 4) is 17.0 Å². The van der Waals surface area contributed by atoms with Crippen molar-refractivity contribution in [1.82, 2.24) is 10.3 Å². The zero-order valence-corrected chi connectivity index (χ0v) is 17.4. The second-order valence-electron chi connectivity index (χ2n) is 7.69. The van der Waals surface area contributed by atoms with Crippen LogP contribution >= 0.6 is 0 Å². The molecule has 178 valence electrons. The van der Waals surface area contributed by atoms with Gasteiger partial charge in [0.25, 0.3) is 5.56 Å². The Morgan fingerprint density at radius 3 is 2.21 bits per heavy atom. The van der Waals surface area contributed by atoms with E-state index in [0.29, 0.717) is 29.8 Å². The monoisotopic (exact) mass is 469 g/mol. The number of aliphatic carboxylic acids is 1. The molecule has 2 bridgehead atoms. The molecule has 2 unspecified atom stereocenters. The van der Waals surface area contributed by atoms with Gasteiger partial charge in [-0.25, -0.2) is 9.59 Å². The quantitative estimate of drug-likeness (QED) is 0.459. The summed E-state index contributed by atoms with van der Waals surface area (Å²) < 4.78 is 31.7. The third kappa shape index (κ3) is 4.95. The number of aromatic amines is 1. The number of carboxylic acid groups (broad SMARTS) is 2. The molecule has 0 aliphatic carbocycles. The molecule has 33 heavy (non-hydrogen) atoms. The summed E-state index contributed by atoms with van der Waals surface area (Å²) in [5.74, 6) is -4.64. The maximum atomic E-state index is 12.1. The summed E-state index contributed by atoms with van der Waals surface area (Å²) in [6, 6.07) is 8.91. The first-order chi connectivity index (χ1) is 15.4. The number of fused-ring (bicyclic) bond motifs is 2. The molecule has 1 aromatic carbocycles. The van der Waals surface area contributed by atoms with Crippen LogP contribution < -0.4 is 15.8 Å². The number of carboxylic acids is 2. The van der Waals surface area contributed by atoms with Crippen LogP contribution in [0.25, 0.3) is 11.3 Å². The van der Waals surface area contributed by atoms with Gasteiger partial charge in [0.1, 0.15) is 5.75 Å². The first-order valence-electron chi connectivity index (χ1n) is 10.1. The number of halogens is 3. The Balaban J connectivity index is 0.000000383. The highest BCUT2D eigenvalue weighted by molar-refractivity contribution is 5.92. The molecule has 4 rings (SSSR count). The van der Waals surface area contributed by atoms with Crippen LogP contribution in [-0.2, 0) is 11.2 Å². The number of benzene rings is 1. The van der Waals surface area contributed by atoms with Crippen LogP contribution in [0.3, 0.4) is 0 Å². The Labute approximate surface area is 185 Å². The minimum absolute atomic E-state index is 0.404. The van der Waals surface area contributed by atoms with Crippen LogP contribution in [-0.4, -0.2) is 63.6 Å². The number of pyridine rings is 1. The van der Waals surface area contributed by atoms with Crippen LogP contribution in [0.1, 0.15) is 29.3 Å². The number of alkyl halides is 3. The van der Waals surface area contributed by atoms with Crippen LogP contribution in [0.4, 0.5) is 18.9 Å². The van der Waals surface area contributed by atoms with Gasteiger partial charge in [-0.05, 0) is 30.5 Å². The summed E-state index contributed by atoms with van der Waals surface area (Å²) in [5.41, 5.74) is 1.37. The van der Waals surface area contributed by atoms with Gasteiger partial charge in [-0.2, -0.15) is 13.2 Å². The molecule has 5 N–H and O–H groups in total. The van der Waals surface area contributed by atoms with E-state index in [0.717, 1.165) is 24.3 Å². The van der Waals surface area contributed by atoms with E-state index in [1.54, 1.807) is 0 Å². The van der Waals surface area contributed by atoms with Crippen LogP contribution in [0, 0.1) is 0 Å². The van der Waals surface area contributed by atoms with E-state index in [4.69, 9.17) is 15.0 Å². The SMILES string of the molecule is CCc1c(-c2ccc(N3CC4CC3CN4)cc2)[nH]c(=O)c(C(=O)O)c1O.O=C(O)C(F)(F)F. The lowest BCUT2D eigenvalue weighted by molar-refractivity contribution is -0.192. The Morgan fingerprint density at radius 2 is 1.79 bits per heavy atom. The van der Waals surface area contributed by atoms with Gasteiger partial charge in [0, 0.05) is 36.4 Å². The Bertz CT molecular complexity index is 1110. The fourth-order valence-corrected chi connectivity index (χ4v) is 4.11. The minimum Gasteiger partial charge on any atom is -0.506 e. The summed E-state index contributed by atoms with van der Waals surface area (Å²) in [6.45, 7) is 3.81. The Hall–Kier alpha value is -3.54. The summed E-state index contributed by atoms with van der Waals surface area (Å²) >= 11 is 0. The molecule has 2 atom stereocenters. The van der Waals surface area contributed by atoms with Crippen molar-refractivity contribution in [2.45, 2.75) is 38.0 Å². The number of hydrogen-bond donors (Lipinski definition) is 5. The lowest BCUT2D eigenvalue weighted by Crippen LogP contribution is -2.43. The molecule has 2 aliphatic rings. The molecule has 0 saturated carbocycles. The van der Waals surface area contributed by atoms with Gasteiger partial charge in [0.05, 0.1) is 5.69 Å². The van der Waals surface area contributed by atoms with Crippen LogP contribution in [0.15, 0.2) is 29.1 Å². The van der Waals surface area contributed by atoms with E-state index >= 15 is 0 Å². The number of aromatic nitrogens is 1. The number of rotatable bonds is 4. The van der Waals surface area contributed by atoms with Crippen molar-refractivity contribution in [2.75, 3.05) is 18.0 Å². The van der Waals surface area contributed by atoms with Crippen molar-refractivity contribution in [3.05, 3.63) is 45.7 Å². The molecule has 2 saturated heterocycles. The topological polar surface area (TPSA) is 143 Å². The number of nitrogens with one attached hydrogen (secondary N) is 2. The van der Waals surface area contributed by atoms with Crippen molar-refractivity contribution in [1.29, 1.82) is 0 Å². The molecule has 2 fully saturated rings. The molecular formula is C21H22F3N3O6. The molecule has 9 nitrogen and oxygen atoms in total. The van der Waals surface area contributed by atoms with Gasteiger partial charge < -0.3 is 30.5 Å². The summed E-state index contributed by atoms with van der Waals surface area (Å²) in [7, 11) is 0. The van der Waals surface area contributed by atoms with Gasteiger partial charge in [-0.15, -0.1) is 0 Å². The van der Waals surface area contributed by atoms with Crippen molar-refractivity contribution >= 4 is 17.6 Å². The van der Waals surface area contributed by atoms with Crippen molar-refractivity contribution in [2.24, 2.45) is 0 Å². The zero-order valence-electron chi connectivity index (χ0n) is 17.4. The fraction of sp³-hybridized carbons (Fsp3) is 0.381. The summed E-state index contributed by atoms with van der Waals surface area (Å²) in [5, 5.41) is 30.0. The number of carbonyl (C=O) groups is 2. The summed E-state index contributed by atoms with van der Waals surface area (Å²) in [6.07, 6.45) is -3.51. The van der Waals surface area contributed by atoms with Gasteiger partial charge in [-0.1, -0.05) is 19.1 Å². The van der Waals surface area contributed by atoms with Gasteiger partial charge in [0.15, 0.2) is 5.56 Å². The second-order valence-corrected chi connectivity index (χ2v) is 7.69. The Kier molecular flexibility index (Phi) is 6.68. The second kappa shape index (κ2) is 9.14. The highest BCUT2D eigenvalue weighted by Gasteiger charge is 2.38. The molecule has 0 amide bonds. The van der Waals surface area contributed by atoms with Gasteiger partial charge in [0.2, 0.25) is 0 Å². The number of aromatic hydroxyl groups is 1. The maximum Gasteiger partial charge on any atom is 0.490 e. The fourth-order valence-electron chi connectivity index (χ4n) is 4.11. The van der Waals surface area contributed by atoms with E-state index < -0.39 is 35.0 Å². The normalized spacial score (nSPS) is 19.2. The standard InChI is InChI=1S/C19H21N3O4.C2HF3O2/c1-2-14-16(21-18(24)15(17(14)23)19(25)26)10-3-5-12(6-4-10)22-9-11-7-13(22)8-20-11;3-2(4,5)1(6)7/h3-6,11,13,20H,2,7-9H2,1H3,(H,25,26)(H2,21,23,24);(H,6,7). The maximum absolute atomic E-state index is 12.1. The molecule has 0 spiro atoms. The summed E-state index contributed by atoms with van der Waals surface area (Å²) in [4.78, 5) is 37.2.